The van der Waals surface area contributed by atoms with Gasteiger partial charge in [0.05, 0.1) is 7.11 Å². The molecule has 0 saturated heterocycles. The third-order valence-corrected chi connectivity index (χ3v) is 3.27. The Morgan fingerprint density at radius 3 is 2.70 bits per heavy atom. The first kappa shape index (κ1) is 16.8. The van der Waals surface area contributed by atoms with E-state index in [0.29, 0.717) is 29.4 Å². The maximum atomic E-state index is 11.7. The number of benzene rings is 1. The Morgan fingerprint density at radius 1 is 1.26 bits per heavy atom. The number of carbonyl (C=O) groups excluding carboxylic acids is 1. The van der Waals surface area contributed by atoms with Crippen LogP contribution in [-0.2, 0) is 11.3 Å². The maximum Gasteiger partial charge on any atom is 0.249 e. The molecule has 0 spiro atoms. The van der Waals surface area contributed by atoms with Crippen molar-refractivity contribution in [2.75, 3.05) is 7.11 Å². The van der Waals surface area contributed by atoms with E-state index in [9.17, 15) is 9.90 Å². The summed E-state index contributed by atoms with van der Waals surface area (Å²) in [5, 5.41) is 12.2. The number of hydrogen-bond donors (Lipinski definition) is 2. The molecule has 0 radical (unpaired) electrons. The number of amides is 1. The average Bonchev–Trinajstić information content (AvgIpc) is 2.60. The second kappa shape index (κ2) is 8.14. The van der Waals surface area contributed by atoms with Crippen molar-refractivity contribution in [3.8, 4) is 17.4 Å². The number of carbonyl (C=O) groups is 1. The second-order valence-electron chi connectivity index (χ2n) is 4.86. The Labute approximate surface area is 135 Å². The normalized spacial score (nSPS) is 11.6. The highest BCUT2D eigenvalue weighted by Crippen LogP contribution is 2.31. The van der Waals surface area contributed by atoms with Gasteiger partial charge >= 0.3 is 0 Å². The number of nitrogens with zero attached hydrogens (tertiary/aromatic N) is 1. The largest absolute Gasteiger partial charge is 0.493 e. The predicted molar refractivity (Wildman–Crippen MR) is 85.4 cm³/mol. The molecule has 1 aromatic carbocycles. The molecule has 0 unspecified atom stereocenters. The molecule has 1 heterocycles. The molecule has 1 aromatic heterocycles. The third-order valence-electron chi connectivity index (χ3n) is 3.27. The number of hydrogen-bond acceptors (Lipinski definition) is 5. The van der Waals surface area contributed by atoms with Gasteiger partial charge in [0.1, 0.15) is 6.10 Å². The number of para-hydroxylation sites is 2. The first-order chi connectivity index (χ1) is 11.2. The van der Waals surface area contributed by atoms with Gasteiger partial charge < -0.3 is 19.9 Å². The van der Waals surface area contributed by atoms with Gasteiger partial charge in [-0.05, 0) is 24.6 Å². The number of methoxy groups -OCH3 is 1. The molecule has 2 N–H and O–H groups in total. The molecule has 1 amide bonds. The van der Waals surface area contributed by atoms with E-state index in [1.807, 2.05) is 12.1 Å². The van der Waals surface area contributed by atoms with Crippen molar-refractivity contribution in [1.29, 1.82) is 0 Å². The van der Waals surface area contributed by atoms with E-state index in [1.165, 1.54) is 0 Å². The van der Waals surface area contributed by atoms with Gasteiger partial charge in [0.25, 0.3) is 0 Å². The van der Waals surface area contributed by atoms with Crippen molar-refractivity contribution in [1.82, 2.24) is 10.3 Å². The molecule has 2 rings (SSSR count). The predicted octanol–water partition coefficient (Wildman–Crippen LogP) is 2.27. The fourth-order valence-corrected chi connectivity index (χ4v) is 1.94. The number of aliphatic hydroxyl groups is 1. The monoisotopic (exact) mass is 316 g/mol. The molecule has 2 aromatic rings. The lowest BCUT2D eigenvalue weighted by atomic mass is 10.2. The molecule has 122 valence electrons. The van der Waals surface area contributed by atoms with Crippen LogP contribution in [0.15, 0.2) is 42.6 Å². The van der Waals surface area contributed by atoms with Crippen molar-refractivity contribution >= 4 is 5.91 Å². The fourth-order valence-electron chi connectivity index (χ4n) is 1.94. The molecule has 0 bridgehead atoms. The van der Waals surface area contributed by atoms with E-state index in [1.54, 1.807) is 44.5 Å². The van der Waals surface area contributed by atoms with Crippen molar-refractivity contribution < 1.29 is 19.4 Å². The van der Waals surface area contributed by atoms with Gasteiger partial charge in [-0.3, -0.25) is 4.79 Å². The summed E-state index contributed by atoms with van der Waals surface area (Å²) in [5.74, 6) is 1.09. The summed E-state index contributed by atoms with van der Waals surface area (Å²) in [6, 6.07) is 10.8. The van der Waals surface area contributed by atoms with Crippen LogP contribution in [0.25, 0.3) is 0 Å². The minimum atomic E-state index is -1.01. The van der Waals surface area contributed by atoms with Crippen molar-refractivity contribution in [2.45, 2.75) is 26.0 Å². The first-order valence-corrected chi connectivity index (χ1v) is 7.36. The van der Waals surface area contributed by atoms with Gasteiger partial charge in [-0.15, -0.1) is 0 Å². The van der Waals surface area contributed by atoms with E-state index < -0.39 is 12.0 Å². The smallest absolute Gasteiger partial charge is 0.249 e. The number of pyridine rings is 1. The zero-order valence-electron chi connectivity index (χ0n) is 13.2. The zero-order valence-corrected chi connectivity index (χ0v) is 13.2. The fraction of sp³-hybridized carbons (Fsp3) is 0.294. The molecular weight excluding hydrogens is 296 g/mol. The molecule has 0 aliphatic rings. The van der Waals surface area contributed by atoms with Gasteiger partial charge in [0.15, 0.2) is 11.5 Å². The summed E-state index contributed by atoms with van der Waals surface area (Å²) >= 11 is 0. The van der Waals surface area contributed by atoms with Crippen LogP contribution in [0, 0.1) is 0 Å². The number of ether oxygens (including phenoxy) is 2. The topological polar surface area (TPSA) is 80.7 Å². The highest BCUT2D eigenvalue weighted by molar-refractivity contribution is 5.80. The van der Waals surface area contributed by atoms with Crippen LogP contribution in [0.2, 0.25) is 0 Å². The van der Waals surface area contributed by atoms with Crippen LogP contribution in [0.5, 0.6) is 17.4 Å². The van der Waals surface area contributed by atoms with Crippen LogP contribution in [-0.4, -0.2) is 29.2 Å². The van der Waals surface area contributed by atoms with Crippen LogP contribution in [0.1, 0.15) is 18.9 Å². The molecule has 1 atom stereocenters. The van der Waals surface area contributed by atoms with Gasteiger partial charge in [-0.2, -0.15) is 0 Å². The summed E-state index contributed by atoms with van der Waals surface area (Å²) in [6.45, 7) is 1.96. The minimum absolute atomic E-state index is 0.216. The van der Waals surface area contributed by atoms with Crippen LogP contribution in [0.3, 0.4) is 0 Å². The van der Waals surface area contributed by atoms with E-state index in [-0.39, 0.29) is 6.54 Å². The number of rotatable bonds is 7. The molecule has 23 heavy (non-hydrogen) atoms. The quantitative estimate of drug-likeness (QED) is 0.819. The lowest BCUT2D eigenvalue weighted by molar-refractivity contribution is -0.129. The van der Waals surface area contributed by atoms with Crippen molar-refractivity contribution in [2.24, 2.45) is 0 Å². The van der Waals surface area contributed by atoms with E-state index in [4.69, 9.17) is 9.47 Å². The Kier molecular flexibility index (Phi) is 5.94. The molecule has 0 aliphatic heterocycles. The second-order valence-corrected chi connectivity index (χ2v) is 4.86. The Morgan fingerprint density at radius 2 is 2.00 bits per heavy atom. The summed E-state index contributed by atoms with van der Waals surface area (Å²) in [5.41, 5.74) is 0.704. The minimum Gasteiger partial charge on any atom is -0.493 e. The standard InChI is InChI=1S/C17H20N2O4/c1-3-13(20)16(21)19-11-12-7-6-10-18-17(12)23-15-9-5-4-8-14(15)22-2/h4-10,13,20H,3,11H2,1-2H3,(H,19,21)/t13-/m1/s1. The van der Waals surface area contributed by atoms with Gasteiger partial charge in [-0.1, -0.05) is 25.1 Å². The first-order valence-electron chi connectivity index (χ1n) is 7.36. The number of nitrogens with one attached hydrogen (secondary N) is 1. The molecule has 0 saturated carbocycles. The van der Waals surface area contributed by atoms with Gasteiger partial charge in [-0.25, -0.2) is 4.98 Å². The Bertz CT molecular complexity index is 661. The van der Waals surface area contributed by atoms with Crippen LogP contribution in [0.4, 0.5) is 0 Å². The zero-order chi connectivity index (χ0) is 16.7. The molecule has 0 aliphatic carbocycles. The number of aromatic nitrogens is 1. The van der Waals surface area contributed by atoms with Crippen molar-refractivity contribution in [3.05, 3.63) is 48.2 Å². The highest BCUT2D eigenvalue weighted by atomic mass is 16.5. The highest BCUT2D eigenvalue weighted by Gasteiger charge is 2.14. The van der Waals surface area contributed by atoms with Crippen LogP contribution >= 0.6 is 0 Å². The third kappa shape index (κ3) is 4.43. The molecule has 6 heteroatoms. The average molecular weight is 316 g/mol. The molecular formula is C17H20N2O4. The lowest BCUT2D eigenvalue weighted by Gasteiger charge is -2.13. The summed E-state index contributed by atoms with van der Waals surface area (Å²) in [4.78, 5) is 15.9. The van der Waals surface area contributed by atoms with Gasteiger partial charge in [0.2, 0.25) is 11.8 Å². The maximum absolute atomic E-state index is 11.7. The van der Waals surface area contributed by atoms with Gasteiger partial charge in [0, 0.05) is 18.3 Å². The molecule has 0 fully saturated rings. The Hall–Kier alpha value is -2.60. The lowest BCUT2D eigenvalue weighted by Crippen LogP contribution is -2.33. The van der Waals surface area contributed by atoms with E-state index >= 15 is 0 Å². The summed E-state index contributed by atoms with van der Waals surface area (Å²) < 4.78 is 11.0. The SMILES string of the molecule is CC[C@@H](O)C(=O)NCc1cccnc1Oc1ccccc1OC. The van der Waals surface area contributed by atoms with Crippen LogP contribution < -0.4 is 14.8 Å². The summed E-state index contributed by atoms with van der Waals surface area (Å²) in [7, 11) is 1.56. The van der Waals surface area contributed by atoms with E-state index in [2.05, 4.69) is 10.3 Å². The van der Waals surface area contributed by atoms with E-state index in [0.717, 1.165) is 0 Å². The number of aliphatic hydroxyl groups excluding tert-OH is 1. The Balaban J connectivity index is 2.13. The summed E-state index contributed by atoms with van der Waals surface area (Å²) in [6.07, 6.45) is 0.964. The van der Waals surface area contributed by atoms with Crippen molar-refractivity contribution in [3.63, 3.8) is 0 Å². The molecule has 6 nitrogen and oxygen atoms in total.